The van der Waals surface area contributed by atoms with Gasteiger partial charge in [0.05, 0.1) is 16.9 Å². The third kappa shape index (κ3) is 3.77. The molecule has 0 atom stereocenters. The molecule has 0 unspecified atom stereocenters. The molecule has 26 heavy (non-hydrogen) atoms. The van der Waals surface area contributed by atoms with Crippen molar-refractivity contribution in [3.8, 4) is 17.3 Å². The standard InChI is InChI=1S/C18H11ClFN5O/c19-14-8-11(6-7-15(14)20)10-22-25-18-23-16(12-4-2-1-3-5-12)13(9-21)17(26)24-18/h1-8,10H,(H2,23,24,25,26). The fraction of sp³-hybridized carbons (Fsp3) is 0. The zero-order chi connectivity index (χ0) is 18.5. The first kappa shape index (κ1) is 17.3. The Labute approximate surface area is 152 Å². The van der Waals surface area contributed by atoms with Crippen LogP contribution in [0.15, 0.2) is 58.4 Å². The van der Waals surface area contributed by atoms with E-state index >= 15 is 0 Å². The molecule has 3 aromatic rings. The molecular formula is C18H11ClFN5O. The van der Waals surface area contributed by atoms with Gasteiger partial charge in [0.1, 0.15) is 17.4 Å². The van der Waals surface area contributed by atoms with E-state index in [1.165, 1.54) is 24.4 Å². The summed E-state index contributed by atoms with van der Waals surface area (Å²) in [4.78, 5) is 18.8. The zero-order valence-electron chi connectivity index (χ0n) is 13.2. The van der Waals surface area contributed by atoms with Crippen LogP contribution >= 0.6 is 11.6 Å². The Balaban J connectivity index is 1.90. The number of anilines is 1. The largest absolute Gasteiger partial charge is 0.290 e. The molecule has 3 rings (SSSR count). The van der Waals surface area contributed by atoms with E-state index in [-0.39, 0.29) is 22.2 Å². The number of hydrogen-bond donors (Lipinski definition) is 2. The Morgan fingerprint density at radius 2 is 2.04 bits per heavy atom. The lowest BCUT2D eigenvalue weighted by Gasteiger charge is -2.06. The second kappa shape index (κ2) is 7.59. The average molecular weight is 368 g/mol. The van der Waals surface area contributed by atoms with E-state index in [0.29, 0.717) is 11.1 Å². The van der Waals surface area contributed by atoms with Gasteiger partial charge in [-0.15, -0.1) is 0 Å². The summed E-state index contributed by atoms with van der Waals surface area (Å²) < 4.78 is 13.1. The molecule has 6 nitrogen and oxygen atoms in total. The molecule has 2 aromatic carbocycles. The van der Waals surface area contributed by atoms with Crippen LogP contribution in [0.5, 0.6) is 0 Å². The highest BCUT2D eigenvalue weighted by Crippen LogP contribution is 2.19. The summed E-state index contributed by atoms with van der Waals surface area (Å²) in [7, 11) is 0. The van der Waals surface area contributed by atoms with E-state index in [9.17, 15) is 14.4 Å². The summed E-state index contributed by atoms with van der Waals surface area (Å²) in [5.41, 5.74) is 3.36. The van der Waals surface area contributed by atoms with Gasteiger partial charge >= 0.3 is 0 Å². The number of hydrazone groups is 1. The van der Waals surface area contributed by atoms with Crippen molar-refractivity contribution in [3.05, 3.63) is 80.9 Å². The zero-order valence-corrected chi connectivity index (χ0v) is 14.0. The lowest BCUT2D eigenvalue weighted by atomic mass is 10.1. The number of aromatic nitrogens is 2. The summed E-state index contributed by atoms with van der Waals surface area (Å²) in [6.07, 6.45) is 1.39. The molecule has 0 aliphatic heterocycles. The van der Waals surface area contributed by atoms with Gasteiger partial charge in [-0.3, -0.25) is 9.78 Å². The summed E-state index contributed by atoms with van der Waals surface area (Å²) in [6, 6.07) is 14.9. The van der Waals surface area contributed by atoms with Crippen molar-refractivity contribution in [2.75, 3.05) is 5.43 Å². The van der Waals surface area contributed by atoms with Crippen LogP contribution in [0.3, 0.4) is 0 Å². The van der Waals surface area contributed by atoms with Crippen molar-refractivity contribution in [2.45, 2.75) is 0 Å². The molecule has 8 heteroatoms. The lowest BCUT2D eigenvalue weighted by molar-refractivity contribution is 0.628. The van der Waals surface area contributed by atoms with Crippen LogP contribution in [0.25, 0.3) is 11.3 Å². The number of rotatable bonds is 4. The van der Waals surface area contributed by atoms with Crippen molar-refractivity contribution in [1.82, 2.24) is 9.97 Å². The Bertz CT molecular complexity index is 1070. The minimum Gasteiger partial charge on any atom is -0.290 e. The Hall–Kier alpha value is -3.50. The summed E-state index contributed by atoms with van der Waals surface area (Å²) in [5.74, 6) is -0.459. The van der Waals surface area contributed by atoms with Crippen molar-refractivity contribution in [3.63, 3.8) is 0 Å². The predicted octanol–water partition coefficient (Wildman–Crippen LogP) is 3.55. The number of nitrogens with one attached hydrogen (secondary N) is 2. The monoisotopic (exact) mass is 367 g/mol. The molecule has 0 radical (unpaired) electrons. The van der Waals surface area contributed by atoms with Gasteiger partial charge in [-0.2, -0.15) is 10.4 Å². The third-order valence-electron chi connectivity index (χ3n) is 3.41. The smallest absolute Gasteiger partial charge is 0.270 e. The molecule has 128 valence electrons. The van der Waals surface area contributed by atoms with Gasteiger partial charge in [0.25, 0.3) is 5.56 Å². The van der Waals surface area contributed by atoms with E-state index < -0.39 is 11.4 Å². The molecule has 1 aromatic heterocycles. The van der Waals surface area contributed by atoms with Gasteiger partial charge in [0.2, 0.25) is 5.95 Å². The van der Waals surface area contributed by atoms with Crippen molar-refractivity contribution in [1.29, 1.82) is 5.26 Å². The van der Waals surface area contributed by atoms with Crippen molar-refractivity contribution >= 4 is 23.8 Å². The molecular weight excluding hydrogens is 357 g/mol. The van der Waals surface area contributed by atoms with Gasteiger partial charge in [-0.25, -0.2) is 14.8 Å². The van der Waals surface area contributed by atoms with Crippen molar-refractivity contribution < 1.29 is 4.39 Å². The van der Waals surface area contributed by atoms with Crippen molar-refractivity contribution in [2.24, 2.45) is 5.10 Å². The number of halogens is 2. The molecule has 0 saturated heterocycles. The first-order chi connectivity index (χ1) is 12.6. The molecule has 0 fully saturated rings. The first-order valence-electron chi connectivity index (χ1n) is 7.42. The van der Waals surface area contributed by atoms with Crippen LogP contribution in [0.4, 0.5) is 10.3 Å². The van der Waals surface area contributed by atoms with E-state index in [1.54, 1.807) is 24.3 Å². The Morgan fingerprint density at radius 3 is 2.73 bits per heavy atom. The van der Waals surface area contributed by atoms with Crippen LogP contribution in [0.2, 0.25) is 5.02 Å². The van der Waals surface area contributed by atoms with E-state index in [4.69, 9.17) is 11.6 Å². The fourth-order valence-corrected chi connectivity index (χ4v) is 2.38. The number of H-pyrrole nitrogens is 1. The number of aromatic amines is 1. The minimum absolute atomic E-state index is 0.0229. The Kier molecular flexibility index (Phi) is 5.06. The number of hydrogen-bond acceptors (Lipinski definition) is 5. The molecule has 2 N–H and O–H groups in total. The SMILES string of the molecule is N#Cc1c(-c2ccccc2)nc(NN=Cc2ccc(F)c(Cl)c2)[nH]c1=O. The first-order valence-corrected chi connectivity index (χ1v) is 7.80. The van der Waals surface area contributed by atoms with Gasteiger partial charge in [-0.1, -0.05) is 48.0 Å². The summed E-state index contributed by atoms with van der Waals surface area (Å²) >= 11 is 5.71. The molecule has 0 aliphatic carbocycles. The number of nitrogens with zero attached hydrogens (tertiary/aromatic N) is 3. The molecule has 0 aliphatic rings. The average Bonchev–Trinajstić information content (AvgIpc) is 2.65. The topological polar surface area (TPSA) is 93.9 Å². The normalized spacial score (nSPS) is 10.7. The maximum absolute atomic E-state index is 13.1. The van der Waals surface area contributed by atoms with Gasteiger partial charge in [-0.05, 0) is 17.7 Å². The van der Waals surface area contributed by atoms with Gasteiger partial charge < -0.3 is 0 Å². The lowest BCUT2D eigenvalue weighted by Crippen LogP contribution is -2.16. The van der Waals surface area contributed by atoms with Gasteiger partial charge in [0, 0.05) is 5.56 Å². The maximum Gasteiger partial charge on any atom is 0.270 e. The van der Waals surface area contributed by atoms with E-state index in [0.717, 1.165) is 0 Å². The molecule has 1 heterocycles. The fourth-order valence-electron chi connectivity index (χ4n) is 2.20. The van der Waals surface area contributed by atoms with Crippen LogP contribution < -0.4 is 11.0 Å². The van der Waals surface area contributed by atoms with Crippen LogP contribution in [0.1, 0.15) is 11.1 Å². The van der Waals surface area contributed by atoms with Crippen LogP contribution in [-0.4, -0.2) is 16.2 Å². The second-order valence-electron chi connectivity index (χ2n) is 5.16. The third-order valence-corrected chi connectivity index (χ3v) is 3.70. The Morgan fingerprint density at radius 1 is 1.27 bits per heavy atom. The van der Waals surface area contributed by atoms with E-state index in [1.807, 2.05) is 12.1 Å². The predicted molar refractivity (Wildman–Crippen MR) is 97.6 cm³/mol. The second-order valence-corrected chi connectivity index (χ2v) is 5.57. The summed E-state index contributed by atoms with van der Waals surface area (Å²) in [5, 5.41) is 13.1. The highest BCUT2D eigenvalue weighted by atomic mass is 35.5. The quantitative estimate of drug-likeness (QED) is 0.544. The highest BCUT2D eigenvalue weighted by molar-refractivity contribution is 6.31. The van der Waals surface area contributed by atoms with Crippen LogP contribution in [-0.2, 0) is 0 Å². The molecule has 0 bridgehead atoms. The highest BCUT2D eigenvalue weighted by Gasteiger charge is 2.12. The van der Waals surface area contributed by atoms with Gasteiger partial charge in [0.15, 0.2) is 0 Å². The van der Waals surface area contributed by atoms with E-state index in [2.05, 4.69) is 20.5 Å². The molecule has 0 amide bonds. The number of benzene rings is 2. The van der Waals surface area contributed by atoms with Crippen LogP contribution in [0, 0.1) is 17.1 Å². The molecule has 0 saturated carbocycles. The molecule has 0 spiro atoms. The summed E-state index contributed by atoms with van der Waals surface area (Å²) in [6.45, 7) is 0. The number of nitriles is 1. The minimum atomic E-state index is -0.580. The maximum atomic E-state index is 13.1.